The first kappa shape index (κ1) is 11.0. The third kappa shape index (κ3) is 5.24. The van der Waals surface area contributed by atoms with E-state index in [-0.39, 0.29) is 0 Å². The monoisotopic (exact) mass is 186 g/mol. The number of nitrogens with zero attached hydrogens (tertiary/aromatic N) is 1. The molecule has 1 rings (SSSR count). The van der Waals surface area contributed by atoms with Gasteiger partial charge in [0.15, 0.2) is 0 Å². The molecule has 1 fully saturated rings. The standard InChI is InChI=1S/C10H22N2O/c1-12(10-4-5-10)8-3-6-11-7-9-13-2/h10-11H,3-9H2,1-2H3. The van der Waals surface area contributed by atoms with Crippen molar-refractivity contribution in [2.45, 2.75) is 25.3 Å². The van der Waals surface area contributed by atoms with Gasteiger partial charge in [-0.3, -0.25) is 0 Å². The smallest absolute Gasteiger partial charge is 0.0587 e. The van der Waals surface area contributed by atoms with Crippen molar-refractivity contribution >= 4 is 0 Å². The Hall–Kier alpha value is -0.120. The van der Waals surface area contributed by atoms with E-state index in [9.17, 15) is 0 Å². The Bertz CT molecular complexity index is 126. The molecule has 3 nitrogen and oxygen atoms in total. The van der Waals surface area contributed by atoms with E-state index in [1.54, 1.807) is 7.11 Å². The lowest BCUT2D eigenvalue weighted by Gasteiger charge is -2.15. The van der Waals surface area contributed by atoms with Crippen LogP contribution in [0.1, 0.15) is 19.3 Å². The fourth-order valence-electron chi connectivity index (χ4n) is 1.45. The van der Waals surface area contributed by atoms with Crippen LogP contribution in [0.25, 0.3) is 0 Å². The summed E-state index contributed by atoms with van der Waals surface area (Å²) >= 11 is 0. The first-order valence-corrected chi connectivity index (χ1v) is 5.24. The van der Waals surface area contributed by atoms with Crippen molar-refractivity contribution in [3.63, 3.8) is 0 Å². The van der Waals surface area contributed by atoms with Crippen LogP contribution in [0.2, 0.25) is 0 Å². The Morgan fingerprint density at radius 1 is 1.38 bits per heavy atom. The molecule has 3 heteroatoms. The molecule has 1 N–H and O–H groups in total. The molecule has 0 saturated heterocycles. The molecule has 1 saturated carbocycles. The number of hydrogen-bond acceptors (Lipinski definition) is 3. The molecule has 0 aromatic rings. The van der Waals surface area contributed by atoms with Crippen LogP contribution in [0.5, 0.6) is 0 Å². The highest BCUT2D eigenvalue weighted by Gasteiger charge is 2.25. The maximum Gasteiger partial charge on any atom is 0.0587 e. The van der Waals surface area contributed by atoms with Crippen molar-refractivity contribution in [3.8, 4) is 0 Å². The number of ether oxygens (including phenoxy) is 1. The minimum Gasteiger partial charge on any atom is -0.383 e. The molecule has 0 radical (unpaired) electrons. The maximum atomic E-state index is 4.94. The van der Waals surface area contributed by atoms with E-state index in [4.69, 9.17) is 4.74 Å². The summed E-state index contributed by atoms with van der Waals surface area (Å²) in [6, 6.07) is 0.902. The second-order valence-electron chi connectivity index (χ2n) is 3.81. The molecule has 0 unspecified atom stereocenters. The molecule has 0 aromatic carbocycles. The maximum absolute atomic E-state index is 4.94. The molecule has 78 valence electrons. The van der Waals surface area contributed by atoms with Gasteiger partial charge in [-0.05, 0) is 39.4 Å². The first-order chi connectivity index (χ1) is 6.34. The van der Waals surface area contributed by atoms with Gasteiger partial charge in [-0.1, -0.05) is 0 Å². The van der Waals surface area contributed by atoms with E-state index in [0.717, 1.165) is 25.7 Å². The van der Waals surface area contributed by atoms with Crippen LogP contribution in [0.3, 0.4) is 0 Å². The summed E-state index contributed by atoms with van der Waals surface area (Å²) in [5.74, 6) is 0. The van der Waals surface area contributed by atoms with Gasteiger partial charge < -0.3 is 15.0 Å². The molecule has 0 bridgehead atoms. The van der Waals surface area contributed by atoms with Crippen LogP contribution in [0.15, 0.2) is 0 Å². The summed E-state index contributed by atoms with van der Waals surface area (Å²) in [5, 5.41) is 3.35. The van der Waals surface area contributed by atoms with Crippen LogP contribution in [0.4, 0.5) is 0 Å². The average molecular weight is 186 g/mol. The highest BCUT2D eigenvalue weighted by Crippen LogP contribution is 2.24. The highest BCUT2D eigenvalue weighted by atomic mass is 16.5. The van der Waals surface area contributed by atoms with Crippen LogP contribution in [0, 0.1) is 0 Å². The molecule has 0 aliphatic heterocycles. The molecule has 0 atom stereocenters. The van der Waals surface area contributed by atoms with Gasteiger partial charge in [0, 0.05) is 19.7 Å². The van der Waals surface area contributed by atoms with Gasteiger partial charge in [0.2, 0.25) is 0 Å². The SMILES string of the molecule is COCCNCCCN(C)C1CC1. The van der Waals surface area contributed by atoms with E-state index in [1.165, 1.54) is 25.8 Å². The zero-order chi connectivity index (χ0) is 9.52. The summed E-state index contributed by atoms with van der Waals surface area (Å²) in [6.45, 7) is 4.13. The van der Waals surface area contributed by atoms with Crippen molar-refractivity contribution in [2.24, 2.45) is 0 Å². The molecule has 0 spiro atoms. The van der Waals surface area contributed by atoms with Crippen LogP contribution in [-0.4, -0.2) is 51.3 Å². The zero-order valence-electron chi connectivity index (χ0n) is 8.88. The van der Waals surface area contributed by atoms with Gasteiger partial charge in [0.25, 0.3) is 0 Å². The van der Waals surface area contributed by atoms with Crippen molar-refractivity contribution in [3.05, 3.63) is 0 Å². The minimum absolute atomic E-state index is 0.818. The molecule has 1 aliphatic rings. The predicted molar refractivity (Wildman–Crippen MR) is 55.0 cm³/mol. The zero-order valence-corrected chi connectivity index (χ0v) is 8.88. The number of methoxy groups -OCH3 is 1. The fourth-order valence-corrected chi connectivity index (χ4v) is 1.45. The summed E-state index contributed by atoms with van der Waals surface area (Å²) in [6.07, 6.45) is 4.07. The molecule has 0 aromatic heterocycles. The first-order valence-electron chi connectivity index (χ1n) is 5.24. The third-order valence-electron chi connectivity index (χ3n) is 2.52. The lowest BCUT2D eigenvalue weighted by molar-refractivity contribution is 0.198. The van der Waals surface area contributed by atoms with Crippen molar-refractivity contribution in [2.75, 3.05) is 40.4 Å². The molecular weight excluding hydrogens is 164 g/mol. The Morgan fingerprint density at radius 3 is 2.77 bits per heavy atom. The van der Waals surface area contributed by atoms with Crippen molar-refractivity contribution in [1.82, 2.24) is 10.2 Å². The predicted octanol–water partition coefficient (Wildman–Crippen LogP) is 0.707. The second kappa shape index (κ2) is 6.35. The summed E-state index contributed by atoms with van der Waals surface area (Å²) in [5.41, 5.74) is 0. The van der Waals surface area contributed by atoms with Gasteiger partial charge >= 0.3 is 0 Å². The summed E-state index contributed by atoms with van der Waals surface area (Å²) in [7, 11) is 3.97. The number of hydrogen-bond donors (Lipinski definition) is 1. The molecule has 0 amide bonds. The lowest BCUT2D eigenvalue weighted by Crippen LogP contribution is -2.27. The number of nitrogens with one attached hydrogen (secondary N) is 1. The molecular formula is C10H22N2O. The van der Waals surface area contributed by atoms with Crippen molar-refractivity contribution in [1.29, 1.82) is 0 Å². The quantitative estimate of drug-likeness (QED) is 0.565. The fraction of sp³-hybridized carbons (Fsp3) is 1.00. The topological polar surface area (TPSA) is 24.5 Å². The summed E-state index contributed by atoms with van der Waals surface area (Å²) < 4.78 is 4.94. The summed E-state index contributed by atoms with van der Waals surface area (Å²) in [4.78, 5) is 2.47. The Balaban J connectivity index is 1.77. The van der Waals surface area contributed by atoms with Gasteiger partial charge in [0.05, 0.1) is 6.61 Å². The van der Waals surface area contributed by atoms with Crippen LogP contribution in [-0.2, 0) is 4.74 Å². The number of rotatable bonds is 8. The normalized spacial score (nSPS) is 16.8. The van der Waals surface area contributed by atoms with E-state index in [2.05, 4.69) is 17.3 Å². The largest absolute Gasteiger partial charge is 0.383 e. The van der Waals surface area contributed by atoms with Crippen LogP contribution < -0.4 is 5.32 Å². The third-order valence-corrected chi connectivity index (χ3v) is 2.52. The van der Waals surface area contributed by atoms with Gasteiger partial charge in [-0.15, -0.1) is 0 Å². The van der Waals surface area contributed by atoms with E-state index in [1.807, 2.05) is 0 Å². The van der Waals surface area contributed by atoms with E-state index in [0.29, 0.717) is 0 Å². The molecule has 0 heterocycles. The van der Waals surface area contributed by atoms with E-state index < -0.39 is 0 Å². The van der Waals surface area contributed by atoms with Gasteiger partial charge in [0.1, 0.15) is 0 Å². The molecule has 1 aliphatic carbocycles. The van der Waals surface area contributed by atoms with Crippen LogP contribution >= 0.6 is 0 Å². The minimum atomic E-state index is 0.818. The van der Waals surface area contributed by atoms with E-state index >= 15 is 0 Å². The van der Waals surface area contributed by atoms with Crippen molar-refractivity contribution < 1.29 is 4.74 Å². The Morgan fingerprint density at radius 2 is 2.15 bits per heavy atom. The lowest BCUT2D eigenvalue weighted by atomic mass is 10.4. The van der Waals surface area contributed by atoms with Gasteiger partial charge in [-0.2, -0.15) is 0 Å². The molecule has 13 heavy (non-hydrogen) atoms. The van der Waals surface area contributed by atoms with Gasteiger partial charge in [-0.25, -0.2) is 0 Å². The Labute approximate surface area is 81.4 Å². The Kier molecular flexibility index (Phi) is 5.35. The highest BCUT2D eigenvalue weighted by molar-refractivity contribution is 4.82. The second-order valence-corrected chi connectivity index (χ2v) is 3.81. The average Bonchev–Trinajstić information content (AvgIpc) is 2.93.